The van der Waals surface area contributed by atoms with Crippen LogP contribution in [-0.4, -0.2) is 55.3 Å². The summed E-state index contributed by atoms with van der Waals surface area (Å²) in [4.78, 5) is 25.7. The van der Waals surface area contributed by atoms with E-state index in [-0.39, 0.29) is 11.7 Å². The molecule has 0 spiro atoms. The number of tetrazole rings is 1. The lowest BCUT2D eigenvalue weighted by Gasteiger charge is -2.33. The first-order valence-corrected chi connectivity index (χ1v) is 9.12. The van der Waals surface area contributed by atoms with E-state index in [1.807, 2.05) is 31.2 Å². The van der Waals surface area contributed by atoms with Crippen molar-refractivity contribution in [3.8, 4) is 5.69 Å². The fourth-order valence-corrected chi connectivity index (χ4v) is 3.63. The molecule has 8 nitrogen and oxygen atoms in total. The van der Waals surface area contributed by atoms with Crippen molar-refractivity contribution < 1.29 is 9.59 Å². The topological polar surface area (TPSA) is 107 Å². The third-order valence-electron chi connectivity index (χ3n) is 4.20. The van der Waals surface area contributed by atoms with Gasteiger partial charge < -0.3 is 10.6 Å². The third-order valence-corrected chi connectivity index (χ3v) is 5.10. The molecule has 2 aromatic rings. The Morgan fingerprint density at radius 1 is 1.28 bits per heavy atom. The lowest BCUT2D eigenvalue weighted by molar-refractivity contribution is -0.138. The summed E-state index contributed by atoms with van der Waals surface area (Å²) in [7, 11) is 0. The van der Waals surface area contributed by atoms with Crippen LogP contribution in [0, 0.1) is 6.92 Å². The molecule has 0 aliphatic carbocycles. The lowest BCUT2D eigenvalue weighted by atomic mass is 10.0. The lowest BCUT2D eigenvalue weighted by Crippen LogP contribution is -2.51. The molecule has 0 radical (unpaired) electrons. The summed E-state index contributed by atoms with van der Waals surface area (Å²) in [5.74, 6) is -0.398. The maximum Gasteiger partial charge on any atom is 0.240 e. The summed E-state index contributed by atoms with van der Waals surface area (Å²) in [5, 5.41) is 12.2. The molecule has 3 rings (SSSR count). The maximum absolute atomic E-state index is 12.5. The zero-order chi connectivity index (χ0) is 17.8. The van der Waals surface area contributed by atoms with Gasteiger partial charge in [-0.3, -0.25) is 9.59 Å². The van der Waals surface area contributed by atoms with Gasteiger partial charge in [0.05, 0.1) is 11.4 Å². The second-order valence-corrected chi connectivity index (χ2v) is 6.94. The first kappa shape index (κ1) is 17.4. The smallest absolute Gasteiger partial charge is 0.240 e. The quantitative estimate of drug-likeness (QED) is 0.795. The normalized spacial score (nSPS) is 17.5. The van der Waals surface area contributed by atoms with Crippen LogP contribution < -0.4 is 5.73 Å². The van der Waals surface area contributed by atoms with Crippen molar-refractivity contribution >= 4 is 23.6 Å². The minimum absolute atomic E-state index is 0.119. The second-order valence-electron chi connectivity index (χ2n) is 6.00. The van der Waals surface area contributed by atoms with Crippen molar-refractivity contribution in [2.24, 2.45) is 5.73 Å². The van der Waals surface area contributed by atoms with E-state index in [9.17, 15) is 9.59 Å². The van der Waals surface area contributed by atoms with Crippen LogP contribution in [0.4, 0.5) is 0 Å². The van der Waals surface area contributed by atoms with Crippen molar-refractivity contribution in [3.05, 3.63) is 29.8 Å². The predicted molar refractivity (Wildman–Crippen MR) is 93.2 cm³/mol. The molecule has 0 unspecified atom stereocenters. The van der Waals surface area contributed by atoms with Gasteiger partial charge >= 0.3 is 0 Å². The first-order chi connectivity index (χ1) is 12.1. The van der Waals surface area contributed by atoms with Crippen molar-refractivity contribution in [3.63, 3.8) is 0 Å². The molecule has 9 heteroatoms. The van der Waals surface area contributed by atoms with Gasteiger partial charge in [0, 0.05) is 6.54 Å². The van der Waals surface area contributed by atoms with E-state index in [0.29, 0.717) is 18.1 Å². The van der Waals surface area contributed by atoms with Crippen LogP contribution in [0.3, 0.4) is 0 Å². The van der Waals surface area contributed by atoms with Crippen molar-refractivity contribution in [1.82, 2.24) is 25.1 Å². The Labute approximate surface area is 149 Å². The summed E-state index contributed by atoms with van der Waals surface area (Å²) >= 11 is 1.25. The third kappa shape index (κ3) is 3.98. The van der Waals surface area contributed by atoms with Crippen LogP contribution in [0.5, 0.6) is 0 Å². The summed E-state index contributed by atoms with van der Waals surface area (Å²) in [6.45, 7) is 2.57. The number of aryl methyl sites for hydroxylation is 1. The zero-order valence-corrected chi connectivity index (χ0v) is 14.8. The molecule has 0 saturated carbocycles. The van der Waals surface area contributed by atoms with Crippen LogP contribution >= 0.6 is 11.8 Å². The highest BCUT2D eigenvalue weighted by molar-refractivity contribution is 7.99. The first-order valence-electron chi connectivity index (χ1n) is 8.13. The number of piperidine rings is 1. The number of carbonyl (C=O) groups is 2. The highest BCUT2D eigenvalue weighted by atomic mass is 32.2. The average molecular weight is 360 g/mol. The van der Waals surface area contributed by atoms with E-state index in [4.69, 9.17) is 5.73 Å². The number of hydrogen-bond acceptors (Lipinski definition) is 6. The Bertz CT molecular complexity index is 760. The average Bonchev–Trinajstić information content (AvgIpc) is 3.09. The van der Waals surface area contributed by atoms with E-state index < -0.39 is 11.9 Å². The molecular formula is C16H20N6O2S. The van der Waals surface area contributed by atoms with Gasteiger partial charge in [-0.1, -0.05) is 29.5 Å². The fraction of sp³-hybridized carbons (Fsp3) is 0.438. The standard InChI is InChI=1S/C16H20N6O2S/c1-11-5-7-12(8-6-11)22-16(18-19-20-22)25-10-14(23)21-9-3-2-4-13(21)15(17)24/h5-8,13H,2-4,9-10H2,1H3,(H2,17,24)/t13-/m0/s1. The molecule has 132 valence electrons. The number of nitrogens with two attached hydrogens (primary N) is 1. The Balaban J connectivity index is 1.68. The molecule has 2 N–H and O–H groups in total. The van der Waals surface area contributed by atoms with Crippen molar-refractivity contribution in [2.75, 3.05) is 12.3 Å². The summed E-state index contributed by atoms with van der Waals surface area (Å²) < 4.78 is 1.60. The second kappa shape index (κ2) is 7.64. The minimum atomic E-state index is -0.505. The van der Waals surface area contributed by atoms with Gasteiger partial charge in [-0.2, -0.15) is 4.68 Å². The van der Waals surface area contributed by atoms with Crippen LogP contribution in [0.1, 0.15) is 24.8 Å². The molecular weight excluding hydrogens is 340 g/mol. The molecule has 1 aromatic carbocycles. The molecule has 25 heavy (non-hydrogen) atoms. The number of nitrogens with zero attached hydrogens (tertiary/aromatic N) is 5. The number of amides is 2. The number of rotatable bonds is 5. The van der Waals surface area contributed by atoms with Gasteiger partial charge in [0.25, 0.3) is 0 Å². The Kier molecular flexibility index (Phi) is 5.32. The Hall–Kier alpha value is -2.42. The molecule has 1 aromatic heterocycles. The fourth-order valence-electron chi connectivity index (χ4n) is 2.85. The van der Waals surface area contributed by atoms with E-state index in [0.717, 1.165) is 24.1 Å². The summed E-state index contributed by atoms with van der Waals surface area (Å²) in [6, 6.07) is 7.29. The number of primary amides is 1. The van der Waals surface area contributed by atoms with Crippen LogP contribution in [0.15, 0.2) is 29.4 Å². The summed E-state index contributed by atoms with van der Waals surface area (Å²) in [5.41, 5.74) is 7.40. The molecule has 1 aliphatic heterocycles. The number of hydrogen-bond donors (Lipinski definition) is 1. The number of likely N-dealkylation sites (tertiary alicyclic amines) is 1. The van der Waals surface area contributed by atoms with Crippen LogP contribution in [0.25, 0.3) is 5.69 Å². The van der Waals surface area contributed by atoms with E-state index in [2.05, 4.69) is 15.5 Å². The van der Waals surface area contributed by atoms with Crippen LogP contribution in [-0.2, 0) is 9.59 Å². The highest BCUT2D eigenvalue weighted by Gasteiger charge is 2.30. The van der Waals surface area contributed by atoms with E-state index >= 15 is 0 Å². The molecule has 1 fully saturated rings. The molecule has 1 saturated heterocycles. The Morgan fingerprint density at radius 2 is 2.04 bits per heavy atom. The van der Waals surface area contributed by atoms with Crippen LogP contribution in [0.2, 0.25) is 0 Å². The van der Waals surface area contributed by atoms with Crippen molar-refractivity contribution in [2.45, 2.75) is 37.4 Å². The van der Waals surface area contributed by atoms with Gasteiger partial charge in [-0.25, -0.2) is 0 Å². The molecule has 2 amide bonds. The zero-order valence-electron chi connectivity index (χ0n) is 14.0. The van der Waals surface area contributed by atoms with Gasteiger partial charge in [-0.05, 0) is 48.7 Å². The largest absolute Gasteiger partial charge is 0.368 e. The number of benzene rings is 1. The number of thioether (sulfide) groups is 1. The van der Waals surface area contributed by atoms with Gasteiger partial charge in [0.15, 0.2) is 0 Å². The number of carbonyl (C=O) groups excluding carboxylic acids is 2. The van der Waals surface area contributed by atoms with Crippen molar-refractivity contribution in [1.29, 1.82) is 0 Å². The Morgan fingerprint density at radius 3 is 2.76 bits per heavy atom. The van der Waals surface area contributed by atoms with E-state index in [1.54, 1.807) is 9.58 Å². The van der Waals surface area contributed by atoms with Gasteiger partial charge in [0.1, 0.15) is 6.04 Å². The van der Waals surface area contributed by atoms with Gasteiger partial charge in [0.2, 0.25) is 17.0 Å². The molecule has 1 atom stereocenters. The maximum atomic E-state index is 12.5. The molecule has 2 heterocycles. The molecule has 0 bridgehead atoms. The van der Waals surface area contributed by atoms with Gasteiger partial charge in [-0.15, -0.1) is 5.10 Å². The summed E-state index contributed by atoms with van der Waals surface area (Å²) in [6.07, 6.45) is 2.43. The molecule has 1 aliphatic rings. The number of aromatic nitrogens is 4. The highest BCUT2D eigenvalue weighted by Crippen LogP contribution is 2.22. The van der Waals surface area contributed by atoms with E-state index in [1.165, 1.54) is 11.8 Å². The predicted octanol–water partition coefficient (Wildman–Crippen LogP) is 0.929. The SMILES string of the molecule is Cc1ccc(-n2nnnc2SCC(=O)N2CCCC[C@H]2C(N)=O)cc1. The monoisotopic (exact) mass is 360 g/mol. The minimum Gasteiger partial charge on any atom is -0.368 e.